The average molecular weight is 349 g/mol. The lowest BCUT2D eigenvalue weighted by Crippen LogP contribution is -2.40. The van der Waals surface area contributed by atoms with Crippen LogP contribution in [0.2, 0.25) is 0 Å². The van der Waals surface area contributed by atoms with Crippen LogP contribution in [0, 0.1) is 6.92 Å². The number of hydrogen-bond donors (Lipinski definition) is 0. The highest BCUT2D eigenvalue weighted by atomic mass is 79.9. The monoisotopic (exact) mass is 347 g/mol. The molecule has 0 saturated heterocycles. The Bertz CT molecular complexity index is 433. The van der Waals surface area contributed by atoms with E-state index in [-0.39, 0.29) is 5.38 Å². The Hall–Kier alpha value is -0.0600. The minimum atomic E-state index is 0.289. The van der Waals surface area contributed by atoms with Crippen LogP contribution in [0.1, 0.15) is 44.0 Å². The molecule has 2 unspecified atom stereocenters. The molecule has 2 rings (SSSR count). The van der Waals surface area contributed by atoms with Crippen molar-refractivity contribution in [3.63, 3.8) is 0 Å². The molecule has 0 radical (unpaired) electrons. The summed E-state index contributed by atoms with van der Waals surface area (Å²) in [6, 6.07) is 0.489. The first-order valence-electron chi connectivity index (χ1n) is 7.10. The summed E-state index contributed by atoms with van der Waals surface area (Å²) in [7, 11) is 2.18. The number of halogens is 2. The van der Waals surface area contributed by atoms with Gasteiger partial charge in [-0.2, -0.15) is 5.10 Å². The second-order valence-corrected chi connectivity index (χ2v) is 6.80. The summed E-state index contributed by atoms with van der Waals surface area (Å²) in [6.07, 6.45) is 4.92. The van der Waals surface area contributed by atoms with Crippen LogP contribution in [0.5, 0.6) is 0 Å². The van der Waals surface area contributed by atoms with Crippen molar-refractivity contribution >= 4 is 27.5 Å². The Balaban J connectivity index is 2.11. The van der Waals surface area contributed by atoms with Gasteiger partial charge < -0.3 is 0 Å². The summed E-state index contributed by atoms with van der Waals surface area (Å²) in [5.74, 6) is 0. The molecule has 0 amide bonds. The van der Waals surface area contributed by atoms with Gasteiger partial charge in [-0.25, -0.2) is 0 Å². The summed E-state index contributed by atoms with van der Waals surface area (Å²) in [4.78, 5) is 2.39. The van der Waals surface area contributed by atoms with Gasteiger partial charge >= 0.3 is 0 Å². The molecule has 2 atom stereocenters. The zero-order valence-electron chi connectivity index (χ0n) is 12.0. The summed E-state index contributed by atoms with van der Waals surface area (Å²) >= 11 is 10.2. The Kier molecular flexibility index (Phi) is 5.32. The lowest BCUT2D eigenvalue weighted by molar-refractivity contribution is 0.183. The molecule has 0 aliphatic heterocycles. The van der Waals surface area contributed by atoms with E-state index >= 15 is 0 Å². The van der Waals surface area contributed by atoms with Crippen LogP contribution < -0.4 is 0 Å². The molecule has 1 aliphatic carbocycles. The Morgan fingerprint density at radius 2 is 2.11 bits per heavy atom. The fourth-order valence-electron chi connectivity index (χ4n) is 2.94. The topological polar surface area (TPSA) is 21.1 Å². The van der Waals surface area contributed by atoms with E-state index < -0.39 is 0 Å². The van der Waals surface area contributed by atoms with Crippen molar-refractivity contribution in [2.24, 2.45) is 0 Å². The minimum absolute atomic E-state index is 0.289. The molecule has 0 aromatic carbocycles. The number of alkyl halides is 1. The van der Waals surface area contributed by atoms with Gasteiger partial charge in [-0.3, -0.25) is 9.58 Å². The largest absolute Gasteiger partial charge is 0.296 e. The number of rotatable bonds is 4. The van der Waals surface area contributed by atoms with Gasteiger partial charge in [0, 0.05) is 24.5 Å². The van der Waals surface area contributed by atoms with Gasteiger partial charge in [0.2, 0.25) is 0 Å². The second kappa shape index (κ2) is 6.59. The lowest BCUT2D eigenvalue weighted by atomic mass is 9.94. The highest BCUT2D eigenvalue weighted by Crippen LogP contribution is 2.29. The van der Waals surface area contributed by atoms with Gasteiger partial charge in [0.15, 0.2) is 0 Å². The maximum atomic E-state index is 6.49. The third kappa shape index (κ3) is 3.34. The van der Waals surface area contributed by atoms with E-state index in [1.165, 1.54) is 25.0 Å². The number of hydrogen-bond acceptors (Lipinski definition) is 2. The van der Waals surface area contributed by atoms with Crippen LogP contribution >= 0.6 is 27.5 Å². The minimum Gasteiger partial charge on any atom is -0.296 e. The van der Waals surface area contributed by atoms with E-state index in [0.717, 1.165) is 29.7 Å². The van der Waals surface area contributed by atoms with Gasteiger partial charge in [0.25, 0.3) is 0 Å². The first-order valence-corrected chi connectivity index (χ1v) is 8.33. The van der Waals surface area contributed by atoms with Gasteiger partial charge in [-0.05, 0) is 49.7 Å². The number of aromatic nitrogens is 2. The summed E-state index contributed by atoms with van der Waals surface area (Å²) in [5, 5.41) is 4.84. The maximum Gasteiger partial charge on any atom is 0.0739 e. The van der Waals surface area contributed by atoms with Crippen molar-refractivity contribution in [3.8, 4) is 0 Å². The summed E-state index contributed by atoms with van der Waals surface area (Å²) in [6.45, 7) is 5.99. The molecule has 1 aliphatic rings. The van der Waals surface area contributed by atoms with Gasteiger partial charge in [0.05, 0.1) is 15.9 Å². The third-order valence-corrected chi connectivity index (χ3v) is 5.61. The predicted molar refractivity (Wildman–Crippen MR) is 83.7 cm³/mol. The van der Waals surface area contributed by atoms with Crippen LogP contribution in [0.25, 0.3) is 0 Å². The van der Waals surface area contributed by atoms with Crippen LogP contribution in [0.15, 0.2) is 4.47 Å². The van der Waals surface area contributed by atoms with Gasteiger partial charge in [-0.15, -0.1) is 11.6 Å². The molecule has 1 saturated carbocycles. The van der Waals surface area contributed by atoms with E-state index in [1.54, 1.807) is 0 Å². The van der Waals surface area contributed by atoms with Crippen molar-refractivity contribution in [2.75, 3.05) is 7.05 Å². The van der Waals surface area contributed by atoms with Crippen LogP contribution in [-0.4, -0.2) is 33.1 Å². The Morgan fingerprint density at radius 3 is 2.74 bits per heavy atom. The second-order valence-electron chi connectivity index (χ2n) is 5.44. The summed E-state index contributed by atoms with van der Waals surface area (Å²) in [5.41, 5.74) is 2.33. The molecular formula is C14H23BrClN3. The lowest BCUT2D eigenvalue weighted by Gasteiger charge is -2.35. The quantitative estimate of drug-likeness (QED) is 0.768. The average Bonchev–Trinajstić information content (AvgIpc) is 2.67. The van der Waals surface area contributed by atoms with Gasteiger partial charge in [0.1, 0.15) is 0 Å². The Morgan fingerprint density at radius 1 is 1.42 bits per heavy atom. The van der Waals surface area contributed by atoms with Crippen LogP contribution in [-0.2, 0) is 13.1 Å². The molecule has 1 fully saturated rings. The maximum absolute atomic E-state index is 6.49. The highest BCUT2D eigenvalue weighted by molar-refractivity contribution is 9.10. The van der Waals surface area contributed by atoms with Crippen molar-refractivity contribution in [2.45, 2.75) is 64.0 Å². The van der Waals surface area contributed by atoms with Crippen LogP contribution in [0.3, 0.4) is 0 Å². The molecule has 0 bridgehead atoms. The molecule has 108 valence electrons. The van der Waals surface area contributed by atoms with E-state index in [0.29, 0.717) is 6.04 Å². The normalized spacial score (nSPS) is 24.1. The predicted octanol–water partition coefficient (Wildman–Crippen LogP) is 3.96. The fraction of sp³-hybridized carbons (Fsp3) is 0.786. The molecule has 0 N–H and O–H groups in total. The first-order chi connectivity index (χ1) is 9.04. The SMILES string of the molecule is CCn1nc(C)c(Br)c1CN(C)C1CCCCC1Cl. The van der Waals surface area contributed by atoms with E-state index in [2.05, 4.69) is 44.6 Å². The standard InChI is InChI=1S/C14H23BrClN3/c1-4-19-13(14(15)10(2)17-19)9-18(3)12-8-6-5-7-11(12)16/h11-12H,4-9H2,1-3H3. The van der Waals surface area contributed by atoms with Crippen molar-refractivity contribution < 1.29 is 0 Å². The fourth-order valence-corrected chi connectivity index (χ4v) is 3.82. The molecule has 5 heteroatoms. The molecular weight excluding hydrogens is 326 g/mol. The van der Waals surface area contributed by atoms with E-state index in [4.69, 9.17) is 11.6 Å². The zero-order chi connectivity index (χ0) is 14.0. The van der Waals surface area contributed by atoms with Crippen molar-refractivity contribution in [1.29, 1.82) is 0 Å². The van der Waals surface area contributed by atoms with Crippen molar-refractivity contribution in [3.05, 3.63) is 15.9 Å². The number of aryl methyl sites for hydroxylation is 2. The smallest absolute Gasteiger partial charge is 0.0739 e. The molecule has 0 spiro atoms. The van der Waals surface area contributed by atoms with Crippen molar-refractivity contribution in [1.82, 2.24) is 14.7 Å². The molecule has 1 aromatic heterocycles. The summed E-state index contributed by atoms with van der Waals surface area (Å²) < 4.78 is 3.23. The molecule has 3 nitrogen and oxygen atoms in total. The van der Waals surface area contributed by atoms with Crippen LogP contribution in [0.4, 0.5) is 0 Å². The molecule has 19 heavy (non-hydrogen) atoms. The molecule has 1 aromatic rings. The third-order valence-electron chi connectivity index (χ3n) is 4.07. The zero-order valence-corrected chi connectivity index (χ0v) is 14.3. The Labute approximate surface area is 129 Å². The van der Waals surface area contributed by atoms with E-state index in [1.807, 2.05) is 6.92 Å². The van der Waals surface area contributed by atoms with Gasteiger partial charge in [-0.1, -0.05) is 12.8 Å². The highest BCUT2D eigenvalue weighted by Gasteiger charge is 2.27. The first kappa shape index (κ1) is 15.3. The number of nitrogens with zero attached hydrogens (tertiary/aromatic N) is 3. The van der Waals surface area contributed by atoms with E-state index in [9.17, 15) is 0 Å². The molecule has 1 heterocycles.